The van der Waals surface area contributed by atoms with Gasteiger partial charge < -0.3 is 10.2 Å². The predicted molar refractivity (Wildman–Crippen MR) is 79.0 cm³/mol. The predicted octanol–water partition coefficient (Wildman–Crippen LogP) is 2.67. The summed E-state index contributed by atoms with van der Waals surface area (Å²) in [6.45, 7) is 0.519. The van der Waals surface area contributed by atoms with Crippen LogP contribution in [-0.2, 0) is 6.54 Å². The molecule has 0 unspecified atom stereocenters. The number of nitro groups is 1. The SMILES string of the molecule is CN(C)c1ccc(NCc2cccc([N+](=O)[O-])c2)cn1. The van der Waals surface area contributed by atoms with Gasteiger partial charge in [-0.05, 0) is 17.7 Å². The van der Waals surface area contributed by atoms with Gasteiger partial charge in [0, 0.05) is 32.8 Å². The lowest BCUT2D eigenvalue weighted by Gasteiger charge is -2.12. The minimum absolute atomic E-state index is 0.102. The molecule has 6 nitrogen and oxygen atoms in total. The van der Waals surface area contributed by atoms with Crippen molar-refractivity contribution in [2.75, 3.05) is 24.3 Å². The number of anilines is 2. The highest BCUT2D eigenvalue weighted by molar-refractivity contribution is 5.48. The number of rotatable bonds is 5. The number of nitrogens with zero attached hydrogens (tertiary/aromatic N) is 3. The number of nitrogens with one attached hydrogen (secondary N) is 1. The Kier molecular flexibility index (Phi) is 4.14. The Bertz CT molecular complexity index is 596. The summed E-state index contributed by atoms with van der Waals surface area (Å²) in [5.74, 6) is 0.880. The van der Waals surface area contributed by atoms with Crippen molar-refractivity contribution in [1.29, 1.82) is 0 Å². The van der Waals surface area contributed by atoms with E-state index in [1.54, 1.807) is 18.3 Å². The van der Waals surface area contributed by atoms with E-state index in [0.29, 0.717) is 6.54 Å². The molecule has 0 aliphatic carbocycles. The highest BCUT2D eigenvalue weighted by atomic mass is 16.6. The van der Waals surface area contributed by atoms with Gasteiger partial charge in [0.25, 0.3) is 5.69 Å². The summed E-state index contributed by atoms with van der Waals surface area (Å²) in [4.78, 5) is 16.5. The molecule has 2 aromatic rings. The third-order valence-electron chi connectivity index (χ3n) is 2.82. The summed E-state index contributed by atoms with van der Waals surface area (Å²) >= 11 is 0. The van der Waals surface area contributed by atoms with Crippen molar-refractivity contribution in [2.24, 2.45) is 0 Å². The van der Waals surface area contributed by atoms with Crippen molar-refractivity contribution < 1.29 is 4.92 Å². The molecule has 0 fully saturated rings. The number of nitro benzene ring substituents is 1. The minimum atomic E-state index is -0.392. The molecule has 0 spiro atoms. The van der Waals surface area contributed by atoms with Crippen molar-refractivity contribution in [3.63, 3.8) is 0 Å². The molecular weight excluding hydrogens is 256 g/mol. The highest BCUT2D eigenvalue weighted by Gasteiger charge is 2.05. The van der Waals surface area contributed by atoms with E-state index >= 15 is 0 Å². The molecule has 0 atom stereocenters. The first-order chi connectivity index (χ1) is 9.56. The van der Waals surface area contributed by atoms with Gasteiger partial charge >= 0.3 is 0 Å². The first-order valence-corrected chi connectivity index (χ1v) is 6.17. The van der Waals surface area contributed by atoms with Gasteiger partial charge in [0.2, 0.25) is 0 Å². The Morgan fingerprint density at radius 3 is 2.70 bits per heavy atom. The summed E-state index contributed by atoms with van der Waals surface area (Å²) < 4.78 is 0. The number of hydrogen-bond acceptors (Lipinski definition) is 5. The number of hydrogen-bond donors (Lipinski definition) is 1. The Hall–Kier alpha value is -2.63. The van der Waals surface area contributed by atoms with Crippen LogP contribution in [0.25, 0.3) is 0 Å². The van der Waals surface area contributed by atoms with Gasteiger partial charge in [-0.1, -0.05) is 12.1 Å². The molecule has 1 aromatic heterocycles. The van der Waals surface area contributed by atoms with Crippen LogP contribution in [0.3, 0.4) is 0 Å². The number of aromatic nitrogens is 1. The van der Waals surface area contributed by atoms with Crippen molar-refractivity contribution in [2.45, 2.75) is 6.54 Å². The lowest BCUT2D eigenvalue weighted by Crippen LogP contribution is -2.10. The molecule has 0 aliphatic rings. The van der Waals surface area contributed by atoms with Crippen LogP contribution in [0.5, 0.6) is 0 Å². The summed E-state index contributed by atoms with van der Waals surface area (Å²) in [5.41, 5.74) is 1.84. The summed E-state index contributed by atoms with van der Waals surface area (Å²) in [5, 5.41) is 13.9. The highest BCUT2D eigenvalue weighted by Crippen LogP contribution is 2.16. The molecule has 0 saturated heterocycles. The molecule has 1 N–H and O–H groups in total. The number of pyridine rings is 1. The zero-order chi connectivity index (χ0) is 14.5. The number of non-ortho nitro benzene ring substituents is 1. The lowest BCUT2D eigenvalue weighted by molar-refractivity contribution is -0.384. The van der Waals surface area contributed by atoms with Crippen LogP contribution in [0.15, 0.2) is 42.6 Å². The van der Waals surface area contributed by atoms with E-state index in [1.807, 2.05) is 37.2 Å². The second kappa shape index (κ2) is 6.01. The summed E-state index contributed by atoms with van der Waals surface area (Å²) in [7, 11) is 3.86. The van der Waals surface area contributed by atoms with Crippen LogP contribution < -0.4 is 10.2 Å². The van der Waals surface area contributed by atoms with E-state index in [4.69, 9.17) is 0 Å². The fourth-order valence-corrected chi connectivity index (χ4v) is 1.74. The molecule has 0 saturated carbocycles. The van der Waals surface area contributed by atoms with Gasteiger partial charge in [-0.15, -0.1) is 0 Å². The van der Waals surface area contributed by atoms with Crippen LogP contribution in [0, 0.1) is 10.1 Å². The molecule has 2 rings (SSSR count). The molecule has 20 heavy (non-hydrogen) atoms. The van der Waals surface area contributed by atoms with E-state index in [0.717, 1.165) is 17.1 Å². The monoisotopic (exact) mass is 272 g/mol. The first-order valence-electron chi connectivity index (χ1n) is 6.17. The average molecular weight is 272 g/mol. The third kappa shape index (κ3) is 3.44. The summed E-state index contributed by atoms with van der Waals surface area (Å²) in [6, 6.07) is 10.4. The molecule has 0 amide bonds. The fourth-order valence-electron chi connectivity index (χ4n) is 1.74. The Morgan fingerprint density at radius 2 is 2.10 bits per heavy atom. The molecule has 0 aliphatic heterocycles. The Labute approximate surface area is 117 Å². The maximum absolute atomic E-state index is 10.7. The van der Waals surface area contributed by atoms with Gasteiger partial charge in [-0.3, -0.25) is 10.1 Å². The van der Waals surface area contributed by atoms with Gasteiger partial charge in [0.05, 0.1) is 16.8 Å². The van der Waals surface area contributed by atoms with E-state index in [2.05, 4.69) is 10.3 Å². The molecule has 6 heteroatoms. The smallest absolute Gasteiger partial charge is 0.269 e. The van der Waals surface area contributed by atoms with E-state index in [-0.39, 0.29) is 5.69 Å². The largest absolute Gasteiger partial charge is 0.380 e. The zero-order valence-electron chi connectivity index (χ0n) is 11.4. The van der Waals surface area contributed by atoms with E-state index in [9.17, 15) is 10.1 Å². The Balaban J connectivity index is 2.01. The molecule has 0 radical (unpaired) electrons. The normalized spacial score (nSPS) is 10.1. The molecular formula is C14H16N4O2. The van der Waals surface area contributed by atoms with Crippen LogP contribution in [0.1, 0.15) is 5.56 Å². The zero-order valence-corrected chi connectivity index (χ0v) is 11.4. The minimum Gasteiger partial charge on any atom is -0.380 e. The fraction of sp³-hybridized carbons (Fsp3) is 0.214. The molecule has 104 valence electrons. The Morgan fingerprint density at radius 1 is 1.30 bits per heavy atom. The van der Waals surface area contributed by atoms with Gasteiger partial charge in [-0.25, -0.2) is 4.98 Å². The lowest BCUT2D eigenvalue weighted by atomic mass is 10.2. The molecule has 0 bridgehead atoms. The van der Waals surface area contributed by atoms with Crippen LogP contribution in [0.4, 0.5) is 17.2 Å². The van der Waals surface area contributed by atoms with Crippen LogP contribution in [-0.4, -0.2) is 24.0 Å². The average Bonchev–Trinajstić information content (AvgIpc) is 2.46. The number of benzene rings is 1. The quantitative estimate of drug-likeness (QED) is 0.669. The van der Waals surface area contributed by atoms with Crippen molar-refractivity contribution >= 4 is 17.2 Å². The van der Waals surface area contributed by atoms with Gasteiger partial charge in [0.1, 0.15) is 5.82 Å². The van der Waals surface area contributed by atoms with Crippen molar-refractivity contribution in [3.8, 4) is 0 Å². The van der Waals surface area contributed by atoms with Crippen molar-refractivity contribution in [3.05, 3.63) is 58.3 Å². The van der Waals surface area contributed by atoms with Crippen LogP contribution >= 0.6 is 0 Å². The van der Waals surface area contributed by atoms with Crippen molar-refractivity contribution in [1.82, 2.24) is 4.98 Å². The van der Waals surface area contributed by atoms with E-state index in [1.165, 1.54) is 6.07 Å². The van der Waals surface area contributed by atoms with Gasteiger partial charge in [-0.2, -0.15) is 0 Å². The molecule has 1 heterocycles. The maximum Gasteiger partial charge on any atom is 0.269 e. The topological polar surface area (TPSA) is 71.3 Å². The third-order valence-corrected chi connectivity index (χ3v) is 2.82. The summed E-state index contributed by atoms with van der Waals surface area (Å²) in [6.07, 6.45) is 1.74. The second-order valence-corrected chi connectivity index (χ2v) is 4.58. The maximum atomic E-state index is 10.7. The van der Waals surface area contributed by atoms with E-state index < -0.39 is 4.92 Å². The molecule has 1 aromatic carbocycles. The second-order valence-electron chi connectivity index (χ2n) is 4.58. The van der Waals surface area contributed by atoms with Gasteiger partial charge in [0.15, 0.2) is 0 Å². The van der Waals surface area contributed by atoms with Crippen LogP contribution in [0.2, 0.25) is 0 Å². The first kappa shape index (κ1) is 13.8. The standard InChI is InChI=1S/C14H16N4O2/c1-17(2)14-7-6-12(10-16-14)15-9-11-4-3-5-13(8-11)18(19)20/h3-8,10,15H,9H2,1-2H3.